The van der Waals surface area contributed by atoms with Gasteiger partial charge in [-0.25, -0.2) is 0 Å². The molecule has 0 spiro atoms. The van der Waals surface area contributed by atoms with Gasteiger partial charge in [0, 0.05) is 9.89 Å². The van der Waals surface area contributed by atoms with Gasteiger partial charge in [0.2, 0.25) is 0 Å². The lowest BCUT2D eigenvalue weighted by Gasteiger charge is -2.39. The molecule has 1 aliphatic rings. The summed E-state index contributed by atoms with van der Waals surface area (Å²) in [5, 5.41) is 9.43. The normalized spacial score (nSPS) is 17.2. The van der Waals surface area contributed by atoms with Crippen molar-refractivity contribution < 1.29 is 19.4 Å². The number of hydrogen-bond acceptors (Lipinski definition) is 4. The number of Topliss-reactive ketones (excluding diaryl/α,β-unsaturated/α-hetero) is 1. The first kappa shape index (κ1) is 16.5. The molecule has 1 aromatic carbocycles. The average Bonchev–Trinajstić information content (AvgIpc) is 2.37. The zero-order chi connectivity index (χ0) is 15.7. The first-order valence-corrected chi connectivity index (χ1v) is 7.72. The molecule has 0 saturated carbocycles. The van der Waals surface area contributed by atoms with Gasteiger partial charge in [-0.3, -0.25) is 4.79 Å². The van der Waals surface area contributed by atoms with E-state index in [1.54, 1.807) is 12.1 Å². The van der Waals surface area contributed by atoms with Crippen LogP contribution in [0.1, 0.15) is 31.1 Å². The molecule has 0 aromatic heterocycles. The van der Waals surface area contributed by atoms with Gasteiger partial charge in [0.15, 0.2) is 5.78 Å². The van der Waals surface area contributed by atoms with Gasteiger partial charge in [-0.05, 0) is 18.2 Å². The molecular weight excluding hydrogens is 336 g/mol. The standard InChI is InChI=1S/C16H21BrO4/c1-15(2,3)14(19)12-6-11(17)4-5-13(12)21-10-16(7-18)8-20-9-16/h4-6,18H,7-10H2,1-3H3. The van der Waals surface area contributed by atoms with Gasteiger partial charge in [-0.1, -0.05) is 36.7 Å². The molecule has 1 heterocycles. The maximum Gasteiger partial charge on any atom is 0.171 e. The minimum atomic E-state index is -0.479. The number of aliphatic hydroxyl groups is 1. The Bertz CT molecular complexity index is 524. The zero-order valence-electron chi connectivity index (χ0n) is 12.6. The summed E-state index contributed by atoms with van der Waals surface area (Å²) >= 11 is 3.39. The molecule has 1 fully saturated rings. The average molecular weight is 357 g/mol. The fraction of sp³-hybridized carbons (Fsp3) is 0.562. The molecule has 1 saturated heterocycles. The van der Waals surface area contributed by atoms with Crippen LogP contribution in [0.5, 0.6) is 5.75 Å². The summed E-state index contributed by atoms with van der Waals surface area (Å²) in [5.74, 6) is 0.583. The van der Waals surface area contributed by atoms with Crippen LogP contribution >= 0.6 is 15.9 Å². The van der Waals surface area contributed by atoms with E-state index in [4.69, 9.17) is 9.47 Å². The molecule has 1 aliphatic heterocycles. The number of carbonyl (C=O) groups is 1. The first-order valence-electron chi connectivity index (χ1n) is 6.93. The predicted molar refractivity (Wildman–Crippen MR) is 83.8 cm³/mol. The molecule has 0 amide bonds. The van der Waals surface area contributed by atoms with Gasteiger partial charge in [-0.2, -0.15) is 0 Å². The molecule has 0 unspecified atom stereocenters. The summed E-state index contributed by atoms with van der Waals surface area (Å²) in [6.45, 7) is 6.99. The highest BCUT2D eigenvalue weighted by Gasteiger charge is 2.39. The summed E-state index contributed by atoms with van der Waals surface area (Å²) in [6.07, 6.45) is 0. The molecule has 4 nitrogen and oxygen atoms in total. The Hall–Kier alpha value is -0.910. The lowest BCUT2D eigenvalue weighted by Crippen LogP contribution is -2.50. The number of ether oxygens (including phenoxy) is 2. The summed E-state index contributed by atoms with van der Waals surface area (Å²) in [4.78, 5) is 12.5. The number of aliphatic hydroxyl groups excluding tert-OH is 1. The van der Waals surface area contributed by atoms with E-state index >= 15 is 0 Å². The van der Waals surface area contributed by atoms with Crippen molar-refractivity contribution in [3.8, 4) is 5.75 Å². The van der Waals surface area contributed by atoms with Crippen LogP contribution in [0.15, 0.2) is 22.7 Å². The molecular formula is C16H21BrO4. The molecule has 1 aromatic rings. The number of carbonyl (C=O) groups excluding carboxylic acids is 1. The van der Waals surface area contributed by atoms with E-state index < -0.39 is 5.41 Å². The molecule has 0 radical (unpaired) electrons. The third-order valence-corrected chi connectivity index (χ3v) is 4.05. The van der Waals surface area contributed by atoms with Gasteiger partial charge in [0.25, 0.3) is 0 Å². The van der Waals surface area contributed by atoms with Gasteiger partial charge in [0.05, 0.1) is 30.8 Å². The van der Waals surface area contributed by atoms with Crippen LogP contribution in [-0.2, 0) is 4.74 Å². The van der Waals surface area contributed by atoms with Crippen molar-refractivity contribution >= 4 is 21.7 Å². The van der Waals surface area contributed by atoms with Crippen molar-refractivity contribution in [2.45, 2.75) is 20.8 Å². The summed E-state index contributed by atoms with van der Waals surface area (Å²) in [7, 11) is 0. The Kier molecular flexibility index (Phi) is 4.76. The maximum absolute atomic E-state index is 12.5. The van der Waals surface area contributed by atoms with Crippen LogP contribution < -0.4 is 4.74 Å². The molecule has 0 aliphatic carbocycles. The van der Waals surface area contributed by atoms with Gasteiger partial charge >= 0.3 is 0 Å². The lowest BCUT2D eigenvalue weighted by atomic mass is 9.86. The third kappa shape index (κ3) is 3.65. The third-order valence-electron chi connectivity index (χ3n) is 3.55. The van der Waals surface area contributed by atoms with Crippen LogP contribution in [0.4, 0.5) is 0 Å². The summed E-state index contributed by atoms with van der Waals surface area (Å²) in [6, 6.07) is 5.41. The molecule has 2 rings (SSSR count). The molecule has 21 heavy (non-hydrogen) atoms. The Balaban J connectivity index is 2.21. The van der Waals surface area contributed by atoms with E-state index in [9.17, 15) is 9.90 Å². The zero-order valence-corrected chi connectivity index (χ0v) is 14.2. The van der Waals surface area contributed by atoms with Crippen LogP contribution in [0, 0.1) is 10.8 Å². The summed E-state index contributed by atoms with van der Waals surface area (Å²) in [5.41, 5.74) is -0.257. The molecule has 1 N–H and O–H groups in total. The van der Waals surface area contributed by atoms with E-state index in [0.717, 1.165) is 4.47 Å². The topological polar surface area (TPSA) is 55.8 Å². The van der Waals surface area contributed by atoms with Crippen LogP contribution in [0.25, 0.3) is 0 Å². The van der Waals surface area contributed by atoms with E-state index in [1.165, 1.54) is 0 Å². The van der Waals surface area contributed by atoms with Crippen molar-refractivity contribution in [1.29, 1.82) is 0 Å². The lowest BCUT2D eigenvalue weighted by molar-refractivity contribution is -0.153. The van der Waals surface area contributed by atoms with Crippen molar-refractivity contribution in [2.75, 3.05) is 26.4 Å². The van der Waals surface area contributed by atoms with Crippen LogP contribution in [0.3, 0.4) is 0 Å². The fourth-order valence-corrected chi connectivity index (χ4v) is 2.41. The Morgan fingerprint density at radius 1 is 1.43 bits per heavy atom. The highest BCUT2D eigenvalue weighted by molar-refractivity contribution is 9.10. The summed E-state index contributed by atoms with van der Waals surface area (Å²) < 4.78 is 11.8. The molecule has 0 bridgehead atoms. The molecule has 116 valence electrons. The van der Waals surface area contributed by atoms with Gasteiger partial charge in [0.1, 0.15) is 12.4 Å². The maximum atomic E-state index is 12.5. The highest BCUT2D eigenvalue weighted by atomic mass is 79.9. The number of benzene rings is 1. The number of halogens is 1. The van der Waals surface area contributed by atoms with Crippen molar-refractivity contribution in [2.24, 2.45) is 10.8 Å². The second-order valence-electron chi connectivity index (χ2n) is 6.66. The van der Waals surface area contributed by atoms with Crippen LogP contribution in [-0.4, -0.2) is 37.3 Å². The second-order valence-corrected chi connectivity index (χ2v) is 7.57. The second kappa shape index (κ2) is 6.07. The first-order chi connectivity index (χ1) is 9.77. The van der Waals surface area contributed by atoms with E-state index in [1.807, 2.05) is 26.8 Å². The Morgan fingerprint density at radius 3 is 2.57 bits per heavy atom. The number of hydrogen-bond donors (Lipinski definition) is 1. The Morgan fingerprint density at radius 2 is 2.10 bits per heavy atom. The monoisotopic (exact) mass is 356 g/mol. The van der Waals surface area contributed by atoms with Gasteiger partial charge in [-0.15, -0.1) is 0 Å². The smallest absolute Gasteiger partial charge is 0.171 e. The Labute approximate surface area is 133 Å². The van der Waals surface area contributed by atoms with E-state index in [-0.39, 0.29) is 17.8 Å². The number of rotatable bonds is 5. The molecule has 0 atom stereocenters. The largest absolute Gasteiger partial charge is 0.492 e. The van der Waals surface area contributed by atoms with Gasteiger partial charge < -0.3 is 14.6 Å². The SMILES string of the molecule is CC(C)(C)C(=O)c1cc(Br)ccc1OCC1(CO)COC1. The predicted octanol–water partition coefficient (Wildman–Crippen LogP) is 3.07. The van der Waals surface area contributed by atoms with Crippen molar-refractivity contribution in [3.05, 3.63) is 28.2 Å². The fourth-order valence-electron chi connectivity index (χ4n) is 2.05. The quantitative estimate of drug-likeness (QED) is 0.823. The highest BCUT2D eigenvalue weighted by Crippen LogP contribution is 2.33. The van der Waals surface area contributed by atoms with Crippen molar-refractivity contribution in [3.63, 3.8) is 0 Å². The van der Waals surface area contributed by atoms with Crippen molar-refractivity contribution in [1.82, 2.24) is 0 Å². The van der Waals surface area contributed by atoms with E-state index in [2.05, 4.69) is 15.9 Å². The van der Waals surface area contributed by atoms with Crippen LogP contribution in [0.2, 0.25) is 0 Å². The minimum absolute atomic E-state index is 0.0199. The number of ketones is 1. The molecule has 5 heteroatoms. The minimum Gasteiger partial charge on any atom is -0.492 e. The van der Waals surface area contributed by atoms with E-state index in [0.29, 0.717) is 31.1 Å².